The summed E-state index contributed by atoms with van der Waals surface area (Å²) in [5.74, 6) is 0.224. The molecule has 30 heavy (non-hydrogen) atoms. The Bertz CT molecular complexity index is 1100. The van der Waals surface area contributed by atoms with Crippen molar-refractivity contribution in [1.29, 1.82) is 0 Å². The van der Waals surface area contributed by atoms with Crippen LogP contribution >= 0.6 is 11.6 Å². The minimum atomic E-state index is -0.374. The van der Waals surface area contributed by atoms with Gasteiger partial charge in [0.1, 0.15) is 5.75 Å². The van der Waals surface area contributed by atoms with Crippen molar-refractivity contribution < 1.29 is 19.1 Å². The molecule has 1 N–H and O–H groups in total. The van der Waals surface area contributed by atoms with Crippen molar-refractivity contribution in [2.75, 3.05) is 10.2 Å². The van der Waals surface area contributed by atoms with Crippen LogP contribution in [0.5, 0.6) is 11.5 Å². The fourth-order valence-electron chi connectivity index (χ4n) is 3.13. The lowest BCUT2D eigenvalue weighted by atomic mass is 10.1. The van der Waals surface area contributed by atoms with Crippen molar-refractivity contribution in [3.05, 3.63) is 83.4 Å². The number of carbonyl (C=O) groups excluding carboxylic acids is 3. The van der Waals surface area contributed by atoms with Crippen LogP contribution in [0.15, 0.2) is 72.8 Å². The summed E-state index contributed by atoms with van der Waals surface area (Å²) in [7, 11) is 0. The van der Waals surface area contributed by atoms with E-state index < -0.39 is 0 Å². The minimum Gasteiger partial charge on any atom is -0.455 e. The molecule has 4 rings (SSSR count). The number of carbonyl (C=O) groups is 3. The van der Waals surface area contributed by atoms with E-state index in [1.54, 1.807) is 54.6 Å². The number of imide groups is 1. The summed E-state index contributed by atoms with van der Waals surface area (Å²) in [6, 6.07) is 20.4. The Balaban J connectivity index is 1.53. The predicted octanol–water partition coefficient (Wildman–Crippen LogP) is 5.04. The van der Waals surface area contributed by atoms with Crippen molar-refractivity contribution in [3.63, 3.8) is 0 Å². The van der Waals surface area contributed by atoms with Crippen LogP contribution in [0.1, 0.15) is 23.2 Å². The van der Waals surface area contributed by atoms with Crippen LogP contribution in [0.2, 0.25) is 5.02 Å². The molecule has 3 aromatic rings. The summed E-state index contributed by atoms with van der Waals surface area (Å²) < 4.78 is 5.86. The Hall–Kier alpha value is -3.64. The molecule has 1 aliphatic rings. The highest BCUT2D eigenvalue weighted by molar-refractivity contribution is 6.31. The molecule has 0 unspecified atom stereocenters. The average Bonchev–Trinajstić information content (AvgIpc) is 3.09. The zero-order valence-corrected chi connectivity index (χ0v) is 16.6. The lowest BCUT2D eigenvalue weighted by Crippen LogP contribution is -2.28. The van der Waals surface area contributed by atoms with Crippen LogP contribution in [0.4, 0.5) is 11.4 Å². The summed E-state index contributed by atoms with van der Waals surface area (Å²) in [4.78, 5) is 37.6. The molecule has 6 nitrogen and oxygen atoms in total. The number of nitrogens with one attached hydrogen (secondary N) is 1. The number of hydrogen-bond acceptors (Lipinski definition) is 4. The fourth-order valence-corrected chi connectivity index (χ4v) is 3.30. The molecule has 7 heteroatoms. The zero-order chi connectivity index (χ0) is 21.1. The van der Waals surface area contributed by atoms with Gasteiger partial charge in [0, 0.05) is 23.4 Å². The predicted molar refractivity (Wildman–Crippen MR) is 114 cm³/mol. The number of rotatable bonds is 5. The number of benzene rings is 3. The molecule has 0 aromatic heterocycles. The van der Waals surface area contributed by atoms with Gasteiger partial charge >= 0.3 is 0 Å². The van der Waals surface area contributed by atoms with E-state index in [1.165, 1.54) is 0 Å². The summed E-state index contributed by atoms with van der Waals surface area (Å²) >= 11 is 6.09. The number of para-hydroxylation sites is 1. The van der Waals surface area contributed by atoms with Gasteiger partial charge in [-0.3, -0.25) is 19.3 Å². The first-order valence-corrected chi connectivity index (χ1v) is 9.69. The van der Waals surface area contributed by atoms with Gasteiger partial charge < -0.3 is 10.1 Å². The van der Waals surface area contributed by atoms with Crippen LogP contribution in [-0.4, -0.2) is 17.7 Å². The molecule has 0 atom stereocenters. The molecule has 3 aromatic carbocycles. The SMILES string of the molecule is O=C(Nc1cc(Cl)ccc1Oc1ccccc1)c1ccc(N2C(=O)CCC2=O)cc1. The number of hydrogen-bond donors (Lipinski definition) is 1. The van der Waals surface area contributed by atoms with Crippen molar-refractivity contribution in [2.24, 2.45) is 0 Å². The van der Waals surface area contributed by atoms with Gasteiger partial charge in [0.25, 0.3) is 5.91 Å². The highest BCUT2D eigenvalue weighted by atomic mass is 35.5. The highest BCUT2D eigenvalue weighted by Gasteiger charge is 2.30. The Kier molecular flexibility index (Phi) is 5.50. The van der Waals surface area contributed by atoms with E-state index in [9.17, 15) is 14.4 Å². The zero-order valence-electron chi connectivity index (χ0n) is 15.8. The first-order valence-electron chi connectivity index (χ1n) is 9.31. The molecule has 0 aliphatic carbocycles. The Morgan fingerprint density at radius 1 is 0.900 bits per heavy atom. The van der Waals surface area contributed by atoms with Crippen molar-refractivity contribution in [2.45, 2.75) is 12.8 Å². The van der Waals surface area contributed by atoms with E-state index in [-0.39, 0.29) is 30.6 Å². The molecule has 150 valence electrons. The molecule has 1 aliphatic heterocycles. The second kappa shape index (κ2) is 8.39. The van der Waals surface area contributed by atoms with E-state index in [1.807, 2.05) is 18.2 Å². The second-order valence-corrected chi connectivity index (χ2v) is 7.12. The lowest BCUT2D eigenvalue weighted by Gasteiger charge is -2.15. The third-order valence-electron chi connectivity index (χ3n) is 4.60. The van der Waals surface area contributed by atoms with Crippen LogP contribution in [0.25, 0.3) is 0 Å². The molecule has 3 amide bonds. The highest BCUT2D eigenvalue weighted by Crippen LogP contribution is 2.32. The summed E-state index contributed by atoms with van der Waals surface area (Å²) in [6.07, 6.45) is 0.417. The standard InChI is InChI=1S/C23H17ClN2O4/c24-16-8-11-20(30-18-4-2-1-3-5-18)19(14-16)25-23(29)15-6-9-17(10-7-15)26-21(27)12-13-22(26)28/h1-11,14H,12-13H2,(H,25,29). The first kappa shape index (κ1) is 19.7. The average molecular weight is 421 g/mol. The van der Waals surface area contributed by atoms with Crippen LogP contribution in [-0.2, 0) is 9.59 Å². The molecular formula is C23H17ClN2O4. The summed E-state index contributed by atoms with van der Waals surface area (Å²) in [6.45, 7) is 0. The van der Waals surface area contributed by atoms with E-state index in [0.29, 0.717) is 33.5 Å². The molecule has 1 heterocycles. The topological polar surface area (TPSA) is 75.7 Å². The summed E-state index contributed by atoms with van der Waals surface area (Å²) in [5, 5.41) is 3.25. The Morgan fingerprint density at radius 3 is 2.23 bits per heavy atom. The smallest absolute Gasteiger partial charge is 0.255 e. The maximum Gasteiger partial charge on any atom is 0.255 e. The third-order valence-corrected chi connectivity index (χ3v) is 4.84. The van der Waals surface area contributed by atoms with Gasteiger partial charge in [0.2, 0.25) is 11.8 Å². The molecule has 0 saturated carbocycles. The van der Waals surface area contributed by atoms with E-state index in [0.717, 1.165) is 4.90 Å². The fraction of sp³-hybridized carbons (Fsp3) is 0.0870. The van der Waals surface area contributed by atoms with Crippen molar-refractivity contribution in [3.8, 4) is 11.5 Å². The van der Waals surface area contributed by atoms with Crippen LogP contribution in [0.3, 0.4) is 0 Å². The van der Waals surface area contributed by atoms with Crippen LogP contribution < -0.4 is 15.0 Å². The normalized spacial score (nSPS) is 13.4. The van der Waals surface area contributed by atoms with Gasteiger partial charge in [-0.15, -0.1) is 0 Å². The molecule has 1 fully saturated rings. The first-order chi connectivity index (χ1) is 14.5. The number of anilines is 2. The second-order valence-electron chi connectivity index (χ2n) is 6.68. The maximum atomic E-state index is 12.7. The molecule has 0 radical (unpaired) electrons. The monoisotopic (exact) mass is 420 g/mol. The molecular weight excluding hydrogens is 404 g/mol. The van der Waals surface area contributed by atoms with Gasteiger partial charge in [0.15, 0.2) is 5.75 Å². The van der Waals surface area contributed by atoms with Crippen molar-refractivity contribution >= 4 is 40.7 Å². The summed E-state index contributed by atoms with van der Waals surface area (Å²) in [5.41, 5.74) is 1.24. The largest absolute Gasteiger partial charge is 0.455 e. The van der Waals surface area contributed by atoms with Gasteiger partial charge in [-0.2, -0.15) is 0 Å². The molecule has 0 bridgehead atoms. The van der Waals surface area contributed by atoms with E-state index >= 15 is 0 Å². The van der Waals surface area contributed by atoms with Gasteiger partial charge in [-0.05, 0) is 54.6 Å². The molecule has 0 spiro atoms. The van der Waals surface area contributed by atoms with Gasteiger partial charge in [0.05, 0.1) is 11.4 Å². The van der Waals surface area contributed by atoms with E-state index in [2.05, 4.69) is 5.32 Å². The quantitative estimate of drug-likeness (QED) is 0.587. The van der Waals surface area contributed by atoms with Gasteiger partial charge in [-0.25, -0.2) is 0 Å². The Morgan fingerprint density at radius 2 is 1.57 bits per heavy atom. The minimum absolute atomic E-state index is 0.208. The molecule has 1 saturated heterocycles. The number of amides is 3. The maximum absolute atomic E-state index is 12.7. The Labute approximate surface area is 178 Å². The van der Waals surface area contributed by atoms with Crippen molar-refractivity contribution in [1.82, 2.24) is 0 Å². The van der Waals surface area contributed by atoms with Crippen LogP contribution in [0, 0.1) is 0 Å². The third kappa shape index (κ3) is 4.18. The van der Waals surface area contributed by atoms with E-state index in [4.69, 9.17) is 16.3 Å². The number of nitrogens with zero attached hydrogens (tertiary/aromatic N) is 1. The number of halogens is 1. The number of ether oxygens (including phenoxy) is 1. The van der Waals surface area contributed by atoms with Gasteiger partial charge in [-0.1, -0.05) is 29.8 Å². The lowest BCUT2D eigenvalue weighted by molar-refractivity contribution is -0.121.